The van der Waals surface area contributed by atoms with Crippen LogP contribution < -0.4 is 0 Å². The first kappa shape index (κ1) is 16.7. The molecule has 2 heterocycles. The third-order valence-corrected chi connectivity index (χ3v) is 6.47. The fraction of sp³-hybridized carbons (Fsp3) is 0.929. The summed E-state index contributed by atoms with van der Waals surface area (Å²) in [5.74, 6) is -0.851. The number of carbonyl (C=O) groups is 1. The summed E-state index contributed by atoms with van der Waals surface area (Å²) in [5.41, 5.74) is -0.187. The normalized spacial score (nSPS) is 37.2. The van der Waals surface area contributed by atoms with Crippen molar-refractivity contribution in [2.75, 3.05) is 24.7 Å². The van der Waals surface area contributed by atoms with Crippen molar-refractivity contribution in [2.45, 2.75) is 57.2 Å². The molecule has 0 bridgehead atoms. The second-order valence-corrected chi connectivity index (χ2v) is 8.63. The molecule has 0 radical (unpaired) electrons. The van der Waals surface area contributed by atoms with Gasteiger partial charge >= 0.3 is 5.97 Å². The number of nitrogens with zero attached hydrogens (tertiary/aromatic N) is 1. The second kappa shape index (κ2) is 6.22. The van der Waals surface area contributed by atoms with Gasteiger partial charge in [-0.05, 0) is 26.2 Å². The van der Waals surface area contributed by atoms with E-state index in [1.54, 1.807) is 0 Å². The monoisotopic (exact) mass is 319 g/mol. The first-order valence-corrected chi connectivity index (χ1v) is 9.39. The summed E-state index contributed by atoms with van der Waals surface area (Å²) in [7, 11) is -3.12. The van der Waals surface area contributed by atoms with Gasteiger partial charge in [0.2, 0.25) is 0 Å². The number of carboxylic acid groups (broad SMARTS) is 1. The summed E-state index contributed by atoms with van der Waals surface area (Å²) >= 11 is 0. The lowest BCUT2D eigenvalue weighted by atomic mass is 9.88. The molecule has 6 nitrogen and oxygen atoms in total. The topological polar surface area (TPSA) is 83.9 Å². The van der Waals surface area contributed by atoms with Crippen LogP contribution in [0.1, 0.15) is 39.5 Å². The van der Waals surface area contributed by atoms with Gasteiger partial charge in [-0.2, -0.15) is 0 Å². The molecular weight excluding hydrogens is 294 g/mol. The quantitative estimate of drug-likeness (QED) is 0.829. The van der Waals surface area contributed by atoms with E-state index >= 15 is 0 Å². The van der Waals surface area contributed by atoms with E-state index in [0.717, 1.165) is 19.3 Å². The van der Waals surface area contributed by atoms with E-state index in [9.17, 15) is 13.2 Å². The highest BCUT2D eigenvalue weighted by Crippen LogP contribution is 2.32. The highest BCUT2D eigenvalue weighted by Gasteiger charge is 2.41. The Morgan fingerprint density at radius 1 is 1.48 bits per heavy atom. The molecule has 0 amide bonds. The fourth-order valence-corrected chi connectivity index (χ4v) is 4.94. The van der Waals surface area contributed by atoms with Crippen molar-refractivity contribution in [3.8, 4) is 0 Å². The molecule has 0 saturated carbocycles. The zero-order valence-electron chi connectivity index (χ0n) is 12.7. The molecule has 3 unspecified atom stereocenters. The molecule has 2 fully saturated rings. The number of aliphatic carboxylic acids is 1. The minimum Gasteiger partial charge on any atom is -0.481 e. The van der Waals surface area contributed by atoms with Crippen molar-refractivity contribution >= 4 is 15.8 Å². The van der Waals surface area contributed by atoms with Gasteiger partial charge in [0.15, 0.2) is 9.84 Å². The zero-order valence-corrected chi connectivity index (χ0v) is 13.6. The van der Waals surface area contributed by atoms with Crippen LogP contribution >= 0.6 is 0 Å². The van der Waals surface area contributed by atoms with Crippen molar-refractivity contribution in [3.05, 3.63) is 0 Å². The fourth-order valence-electron chi connectivity index (χ4n) is 3.39. The van der Waals surface area contributed by atoms with Crippen molar-refractivity contribution in [2.24, 2.45) is 0 Å². The van der Waals surface area contributed by atoms with E-state index in [4.69, 9.17) is 9.84 Å². The van der Waals surface area contributed by atoms with Crippen LogP contribution in [0.25, 0.3) is 0 Å². The smallest absolute Gasteiger partial charge is 0.304 e. The number of carboxylic acids is 1. The molecular formula is C14H25NO5S. The molecule has 3 atom stereocenters. The predicted molar refractivity (Wildman–Crippen MR) is 79.1 cm³/mol. The van der Waals surface area contributed by atoms with E-state index < -0.39 is 21.8 Å². The number of hydrogen-bond donors (Lipinski definition) is 1. The Bertz CT molecular complexity index is 492. The summed E-state index contributed by atoms with van der Waals surface area (Å²) < 4.78 is 29.5. The molecule has 7 heteroatoms. The van der Waals surface area contributed by atoms with E-state index in [1.165, 1.54) is 0 Å². The predicted octanol–water partition coefficient (Wildman–Crippen LogP) is 0.908. The minimum absolute atomic E-state index is 0.0422. The van der Waals surface area contributed by atoms with Crippen molar-refractivity contribution in [1.29, 1.82) is 0 Å². The summed E-state index contributed by atoms with van der Waals surface area (Å²) in [4.78, 5) is 13.1. The van der Waals surface area contributed by atoms with Gasteiger partial charge in [0, 0.05) is 25.2 Å². The van der Waals surface area contributed by atoms with Crippen molar-refractivity contribution in [1.82, 2.24) is 4.90 Å². The Hall–Kier alpha value is -0.660. The lowest BCUT2D eigenvalue weighted by Crippen LogP contribution is -2.57. The average molecular weight is 319 g/mol. The Labute approximate surface area is 126 Å². The van der Waals surface area contributed by atoms with Crippen LogP contribution in [0.3, 0.4) is 0 Å². The summed E-state index contributed by atoms with van der Waals surface area (Å²) in [6.07, 6.45) is 2.46. The van der Waals surface area contributed by atoms with E-state index in [1.807, 2.05) is 0 Å². The summed E-state index contributed by atoms with van der Waals surface area (Å²) in [6, 6.07) is -0.200. The first-order chi connectivity index (χ1) is 9.75. The lowest BCUT2D eigenvalue weighted by Gasteiger charge is -2.46. The molecule has 21 heavy (non-hydrogen) atoms. The van der Waals surface area contributed by atoms with Gasteiger partial charge in [-0.3, -0.25) is 9.69 Å². The van der Waals surface area contributed by atoms with Crippen LogP contribution in [-0.2, 0) is 19.4 Å². The molecule has 2 aliphatic heterocycles. The molecule has 2 aliphatic rings. The van der Waals surface area contributed by atoms with E-state index in [2.05, 4.69) is 18.7 Å². The average Bonchev–Trinajstić information content (AvgIpc) is 2.37. The van der Waals surface area contributed by atoms with Crippen LogP contribution in [0, 0.1) is 0 Å². The Morgan fingerprint density at radius 3 is 2.81 bits per heavy atom. The van der Waals surface area contributed by atoms with E-state index in [-0.39, 0.29) is 29.6 Å². The van der Waals surface area contributed by atoms with Gasteiger partial charge in [0.1, 0.15) is 0 Å². The number of hydrogen-bond acceptors (Lipinski definition) is 5. The van der Waals surface area contributed by atoms with Crippen LogP contribution in [0.4, 0.5) is 0 Å². The van der Waals surface area contributed by atoms with E-state index in [0.29, 0.717) is 13.2 Å². The lowest BCUT2D eigenvalue weighted by molar-refractivity contribution is -0.139. The molecule has 0 aromatic carbocycles. The van der Waals surface area contributed by atoms with Crippen molar-refractivity contribution in [3.63, 3.8) is 0 Å². The highest BCUT2D eigenvalue weighted by molar-refractivity contribution is 7.91. The maximum atomic E-state index is 11.8. The number of sulfone groups is 1. The van der Waals surface area contributed by atoms with Gasteiger partial charge in [-0.15, -0.1) is 0 Å². The molecule has 2 rings (SSSR count). The van der Waals surface area contributed by atoms with Crippen LogP contribution in [0.2, 0.25) is 0 Å². The molecule has 0 aromatic rings. The maximum absolute atomic E-state index is 11.8. The third-order valence-electron chi connectivity index (χ3n) is 4.77. The van der Waals surface area contributed by atoms with Crippen molar-refractivity contribution < 1.29 is 23.1 Å². The van der Waals surface area contributed by atoms with Crippen LogP contribution in [0.5, 0.6) is 0 Å². The highest BCUT2D eigenvalue weighted by atomic mass is 32.2. The second-order valence-electron chi connectivity index (χ2n) is 6.40. The molecule has 0 aromatic heterocycles. The molecule has 0 aliphatic carbocycles. The third kappa shape index (κ3) is 4.17. The van der Waals surface area contributed by atoms with Gasteiger partial charge in [0.05, 0.1) is 23.5 Å². The minimum atomic E-state index is -3.12. The standard InChI is InChI=1S/C14H25NO5S/c1-3-14(2)9-11(4-6-20-14)15-5-7-21(18,19)10-12(15)8-13(16)17/h11-12H,3-10H2,1-2H3,(H,16,17). The molecule has 2 saturated heterocycles. The summed E-state index contributed by atoms with van der Waals surface area (Å²) in [6.45, 7) is 5.24. The number of rotatable bonds is 4. The van der Waals surface area contributed by atoms with Crippen LogP contribution in [-0.4, -0.2) is 66.7 Å². The first-order valence-electron chi connectivity index (χ1n) is 7.56. The van der Waals surface area contributed by atoms with Crippen LogP contribution in [0.15, 0.2) is 0 Å². The van der Waals surface area contributed by atoms with Gasteiger partial charge in [0.25, 0.3) is 0 Å². The van der Waals surface area contributed by atoms with Gasteiger partial charge < -0.3 is 9.84 Å². The largest absolute Gasteiger partial charge is 0.481 e. The molecule has 0 spiro atoms. The molecule has 122 valence electrons. The SMILES string of the molecule is CCC1(C)CC(N2CCS(=O)(=O)CC2CC(=O)O)CCO1. The number of ether oxygens (including phenoxy) is 1. The molecule has 1 N–H and O–H groups in total. The Balaban J connectivity index is 2.13. The maximum Gasteiger partial charge on any atom is 0.304 e. The summed E-state index contributed by atoms with van der Waals surface area (Å²) in [5, 5.41) is 9.05. The Kier molecular flexibility index (Phi) is 4.95. The zero-order chi connectivity index (χ0) is 15.7. The van der Waals surface area contributed by atoms with Gasteiger partial charge in [-0.1, -0.05) is 6.92 Å². The Morgan fingerprint density at radius 2 is 2.19 bits per heavy atom. The van der Waals surface area contributed by atoms with Gasteiger partial charge in [-0.25, -0.2) is 8.42 Å².